The Balaban J connectivity index is 1.91. The molecule has 2 heterocycles. The highest BCUT2D eigenvalue weighted by Gasteiger charge is 2.18. The summed E-state index contributed by atoms with van der Waals surface area (Å²) in [5.41, 5.74) is 0.844. The number of aromatic nitrogens is 4. The van der Waals surface area contributed by atoms with Gasteiger partial charge in [0.2, 0.25) is 0 Å². The summed E-state index contributed by atoms with van der Waals surface area (Å²) >= 11 is 0. The molecule has 1 aromatic carbocycles. The van der Waals surface area contributed by atoms with E-state index >= 15 is 0 Å². The van der Waals surface area contributed by atoms with Gasteiger partial charge in [-0.3, -0.25) is 0 Å². The molecule has 0 saturated carbocycles. The van der Waals surface area contributed by atoms with Gasteiger partial charge in [0.05, 0.1) is 5.56 Å². The summed E-state index contributed by atoms with van der Waals surface area (Å²) in [5, 5.41) is 24.9. The van der Waals surface area contributed by atoms with E-state index in [1.54, 1.807) is 24.3 Å². The minimum Gasteiger partial charge on any atom is -0.396 e. The molecule has 6 nitrogen and oxygen atoms in total. The van der Waals surface area contributed by atoms with E-state index in [1.807, 2.05) is 6.07 Å². The standard InChI is InChI=1S/C17H20FN5O/c1-17(2,9-10-24)11-19-14-7-8-15-20-21-16(23(15)22-14)12-5-3-4-6-13(12)18/h3-8,24H,9-11H2,1-2H3,(H,19,22). The third-order valence-corrected chi connectivity index (χ3v) is 3.91. The summed E-state index contributed by atoms with van der Waals surface area (Å²) < 4.78 is 15.5. The van der Waals surface area contributed by atoms with Gasteiger partial charge in [0.15, 0.2) is 11.5 Å². The Hall–Kier alpha value is -2.54. The highest BCUT2D eigenvalue weighted by atomic mass is 19.1. The van der Waals surface area contributed by atoms with E-state index in [2.05, 4.69) is 34.5 Å². The summed E-state index contributed by atoms with van der Waals surface area (Å²) in [6.45, 7) is 4.93. The molecular formula is C17H20FN5O. The molecule has 0 amide bonds. The van der Waals surface area contributed by atoms with Crippen molar-refractivity contribution in [1.29, 1.82) is 0 Å². The Morgan fingerprint density at radius 1 is 1.17 bits per heavy atom. The summed E-state index contributed by atoms with van der Waals surface area (Å²) in [4.78, 5) is 0. The van der Waals surface area contributed by atoms with E-state index in [-0.39, 0.29) is 17.8 Å². The van der Waals surface area contributed by atoms with Crippen LogP contribution >= 0.6 is 0 Å². The molecular weight excluding hydrogens is 309 g/mol. The summed E-state index contributed by atoms with van der Waals surface area (Å²) in [5.74, 6) is 0.642. The Kier molecular flexibility index (Phi) is 4.44. The first-order chi connectivity index (χ1) is 11.5. The summed E-state index contributed by atoms with van der Waals surface area (Å²) in [6, 6.07) is 10.0. The second-order valence-corrected chi connectivity index (χ2v) is 6.48. The number of anilines is 1. The van der Waals surface area contributed by atoms with Crippen LogP contribution in [-0.4, -0.2) is 38.1 Å². The van der Waals surface area contributed by atoms with Gasteiger partial charge in [-0.1, -0.05) is 26.0 Å². The van der Waals surface area contributed by atoms with Gasteiger partial charge in [0.25, 0.3) is 0 Å². The van der Waals surface area contributed by atoms with Crippen molar-refractivity contribution >= 4 is 11.5 Å². The largest absolute Gasteiger partial charge is 0.396 e. The molecule has 24 heavy (non-hydrogen) atoms. The lowest BCUT2D eigenvalue weighted by molar-refractivity contribution is 0.220. The molecule has 0 bridgehead atoms. The lowest BCUT2D eigenvalue weighted by atomic mass is 9.90. The monoisotopic (exact) mass is 329 g/mol. The van der Waals surface area contributed by atoms with Crippen LogP contribution in [0.1, 0.15) is 20.3 Å². The molecule has 2 aromatic heterocycles. The van der Waals surface area contributed by atoms with Gasteiger partial charge in [-0.2, -0.15) is 4.52 Å². The summed E-state index contributed by atoms with van der Waals surface area (Å²) in [6.07, 6.45) is 0.690. The summed E-state index contributed by atoms with van der Waals surface area (Å²) in [7, 11) is 0. The molecule has 0 fully saturated rings. The fourth-order valence-electron chi connectivity index (χ4n) is 2.41. The first-order valence-electron chi connectivity index (χ1n) is 7.82. The lowest BCUT2D eigenvalue weighted by Crippen LogP contribution is -2.24. The first-order valence-corrected chi connectivity index (χ1v) is 7.82. The van der Waals surface area contributed by atoms with Crippen LogP contribution in [0, 0.1) is 11.2 Å². The molecule has 7 heteroatoms. The third-order valence-electron chi connectivity index (χ3n) is 3.91. The van der Waals surface area contributed by atoms with Crippen molar-refractivity contribution in [2.45, 2.75) is 20.3 Å². The van der Waals surface area contributed by atoms with E-state index in [0.29, 0.717) is 35.8 Å². The maximum absolute atomic E-state index is 14.0. The van der Waals surface area contributed by atoms with Crippen molar-refractivity contribution in [2.24, 2.45) is 5.41 Å². The van der Waals surface area contributed by atoms with Crippen molar-refractivity contribution in [2.75, 3.05) is 18.5 Å². The average molecular weight is 329 g/mol. The number of rotatable bonds is 6. The van der Waals surface area contributed by atoms with Gasteiger partial charge < -0.3 is 10.4 Å². The van der Waals surface area contributed by atoms with Crippen molar-refractivity contribution in [3.63, 3.8) is 0 Å². The zero-order valence-corrected chi connectivity index (χ0v) is 13.7. The Morgan fingerprint density at radius 3 is 2.71 bits per heavy atom. The minimum atomic E-state index is -0.365. The Labute approximate surface area is 139 Å². The number of hydrogen-bond acceptors (Lipinski definition) is 5. The molecule has 2 N–H and O–H groups in total. The fourth-order valence-corrected chi connectivity index (χ4v) is 2.41. The van der Waals surface area contributed by atoms with E-state index < -0.39 is 0 Å². The minimum absolute atomic E-state index is 0.0626. The highest BCUT2D eigenvalue weighted by molar-refractivity contribution is 5.60. The topological polar surface area (TPSA) is 75.3 Å². The second-order valence-electron chi connectivity index (χ2n) is 6.48. The van der Waals surface area contributed by atoms with Crippen LogP contribution in [0.4, 0.5) is 10.2 Å². The molecule has 126 valence electrons. The normalized spacial score (nSPS) is 11.8. The molecule has 3 rings (SSSR count). The molecule has 0 aliphatic carbocycles. The van der Waals surface area contributed by atoms with Crippen LogP contribution in [-0.2, 0) is 0 Å². The number of hydrogen-bond donors (Lipinski definition) is 2. The van der Waals surface area contributed by atoms with E-state index in [9.17, 15) is 4.39 Å². The van der Waals surface area contributed by atoms with Gasteiger partial charge in [-0.15, -0.1) is 15.3 Å². The first kappa shape index (κ1) is 16.3. The van der Waals surface area contributed by atoms with Crippen LogP contribution in [0.25, 0.3) is 17.0 Å². The predicted molar refractivity (Wildman–Crippen MR) is 90.1 cm³/mol. The van der Waals surface area contributed by atoms with Crippen LogP contribution in [0.2, 0.25) is 0 Å². The molecule has 3 aromatic rings. The Morgan fingerprint density at radius 2 is 1.96 bits per heavy atom. The van der Waals surface area contributed by atoms with Crippen molar-refractivity contribution in [3.8, 4) is 11.4 Å². The van der Waals surface area contributed by atoms with Gasteiger partial charge >= 0.3 is 0 Å². The van der Waals surface area contributed by atoms with Gasteiger partial charge in [-0.05, 0) is 36.1 Å². The van der Waals surface area contributed by atoms with Crippen LogP contribution < -0.4 is 5.32 Å². The second kappa shape index (κ2) is 6.52. The number of nitrogens with zero attached hydrogens (tertiary/aromatic N) is 4. The molecule has 0 radical (unpaired) electrons. The quantitative estimate of drug-likeness (QED) is 0.727. The van der Waals surface area contributed by atoms with E-state index in [4.69, 9.17) is 5.11 Å². The van der Waals surface area contributed by atoms with Crippen LogP contribution in [0.5, 0.6) is 0 Å². The number of aliphatic hydroxyl groups is 1. The number of halogens is 1. The Bertz CT molecular complexity index is 846. The lowest BCUT2D eigenvalue weighted by Gasteiger charge is -2.24. The van der Waals surface area contributed by atoms with Gasteiger partial charge in [0, 0.05) is 13.2 Å². The van der Waals surface area contributed by atoms with Crippen molar-refractivity contribution in [3.05, 3.63) is 42.2 Å². The molecule has 0 aliphatic heterocycles. The fraction of sp³-hybridized carbons (Fsp3) is 0.353. The maximum atomic E-state index is 14.0. The maximum Gasteiger partial charge on any atom is 0.188 e. The smallest absolute Gasteiger partial charge is 0.188 e. The number of nitrogens with one attached hydrogen (secondary N) is 1. The SMILES string of the molecule is CC(C)(CCO)CNc1ccc2nnc(-c3ccccc3F)n2n1. The highest BCUT2D eigenvalue weighted by Crippen LogP contribution is 2.23. The molecule has 0 unspecified atom stereocenters. The van der Waals surface area contributed by atoms with E-state index in [0.717, 1.165) is 0 Å². The number of fused-ring (bicyclic) bond motifs is 1. The van der Waals surface area contributed by atoms with Crippen LogP contribution in [0.3, 0.4) is 0 Å². The van der Waals surface area contributed by atoms with Crippen LogP contribution in [0.15, 0.2) is 36.4 Å². The van der Waals surface area contributed by atoms with Gasteiger partial charge in [-0.25, -0.2) is 4.39 Å². The van der Waals surface area contributed by atoms with Gasteiger partial charge in [0.1, 0.15) is 11.6 Å². The molecule has 0 atom stereocenters. The average Bonchev–Trinajstić information content (AvgIpc) is 2.96. The van der Waals surface area contributed by atoms with E-state index in [1.165, 1.54) is 10.6 Å². The number of benzene rings is 1. The molecule has 0 spiro atoms. The molecule has 0 saturated heterocycles. The van der Waals surface area contributed by atoms with Crippen molar-refractivity contribution < 1.29 is 9.50 Å². The van der Waals surface area contributed by atoms with Crippen molar-refractivity contribution in [1.82, 2.24) is 19.8 Å². The predicted octanol–water partition coefficient (Wildman–Crippen LogP) is 2.75. The third kappa shape index (κ3) is 3.35. The number of aliphatic hydroxyl groups excluding tert-OH is 1. The molecule has 0 aliphatic rings. The zero-order chi connectivity index (χ0) is 17.2. The zero-order valence-electron chi connectivity index (χ0n) is 13.7.